The van der Waals surface area contributed by atoms with E-state index in [0.29, 0.717) is 5.41 Å². The molecule has 2 N–H and O–H groups in total. The maximum Gasteiger partial charge on any atom is 0.239 e. The zero-order chi connectivity index (χ0) is 14.6. The molecule has 0 aromatic carbocycles. The van der Waals surface area contributed by atoms with Crippen molar-refractivity contribution in [3.8, 4) is 0 Å². The third kappa shape index (κ3) is 5.49. The fourth-order valence-electron chi connectivity index (χ4n) is 2.18. The number of hydrogen-bond acceptors (Lipinski definition) is 3. The number of rotatable bonds is 4. The summed E-state index contributed by atoms with van der Waals surface area (Å²) in [5, 5.41) is 0. The molecule has 0 aromatic heterocycles. The van der Waals surface area contributed by atoms with Crippen LogP contribution >= 0.6 is 0 Å². The van der Waals surface area contributed by atoms with Crippen LogP contribution in [0.5, 0.6) is 0 Å². The first-order chi connectivity index (χ1) is 8.70. The zero-order valence-corrected chi connectivity index (χ0v) is 13.3. The van der Waals surface area contributed by atoms with Crippen molar-refractivity contribution in [2.75, 3.05) is 32.7 Å². The summed E-state index contributed by atoms with van der Waals surface area (Å²) < 4.78 is 0. The minimum atomic E-state index is -0.346. The van der Waals surface area contributed by atoms with Gasteiger partial charge in [-0.3, -0.25) is 9.69 Å². The molecule has 1 aliphatic heterocycles. The lowest BCUT2D eigenvalue weighted by Gasteiger charge is -2.37. The summed E-state index contributed by atoms with van der Waals surface area (Å²) in [6.45, 7) is 15.6. The van der Waals surface area contributed by atoms with Crippen molar-refractivity contribution in [3.63, 3.8) is 0 Å². The smallest absolute Gasteiger partial charge is 0.239 e. The van der Waals surface area contributed by atoms with Gasteiger partial charge in [0.15, 0.2) is 0 Å². The van der Waals surface area contributed by atoms with Crippen LogP contribution in [0.15, 0.2) is 0 Å². The van der Waals surface area contributed by atoms with Gasteiger partial charge >= 0.3 is 0 Å². The van der Waals surface area contributed by atoms with Crippen LogP contribution in [-0.2, 0) is 4.79 Å². The summed E-state index contributed by atoms with van der Waals surface area (Å²) in [5.41, 5.74) is 6.32. The Morgan fingerprint density at radius 2 is 1.68 bits per heavy atom. The molecule has 112 valence electrons. The van der Waals surface area contributed by atoms with Crippen LogP contribution in [0, 0.1) is 11.3 Å². The topological polar surface area (TPSA) is 49.6 Å². The van der Waals surface area contributed by atoms with Crippen LogP contribution in [0.2, 0.25) is 0 Å². The van der Waals surface area contributed by atoms with E-state index in [1.807, 2.05) is 18.7 Å². The van der Waals surface area contributed by atoms with E-state index >= 15 is 0 Å². The maximum absolute atomic E-state index is 12.1. The fourth-order valence-corrected chi connectivity index (χ4v) is 2.18. The van der Waals surface area contributed by atoms with Crippen molar-refractivity contribution in [3.05, 3.63) is 0 Å². The molecule has 1 amide bonds. The van der Waals surface area contributed by atoms with Crippen LogP contribution < -0.4 is 5.73 Å². The van der Waals surface area contributed by atoms with Crippen molar-refractivity contribution in [1.82, 2.24) is 9.80 Å². The molecule has 0 spiro atoms. The summed E-state index contributed by atoms with van der Waals surface area (Å²) in [4.78, 5) is 16.5. The first-order valence-corrected chi connectivity index (χ1v) is 7.47. The summed E-state index contributed by atoms with van der Waals surface area (Å²) in [7, 11) is 0. The Kier molecular flexibility index (Phi) is 5.81. The molecular formula is C15H31N3O. The molecule has 0 saturated carbocycles. The van der Waals surface area contributed by atoms with Gasteiger partial charge in [0.2, 0.25) is 5.91 Å². The second-order valence-electron chi connectivity index (χ2n) is 7.25. The van der Waals surface area contributed by atoms with Crippen molar-refractivity contribution >= 4 is 5.91 Å². The van der Waals surface area contributed by atoms with Gasteiger partial charge in [-0.15, -0.1) is 0 Å². The lowest BCUT2D eigenvalue weighted by Crippen LogP contribution is -2.54. The average Bonchev–Trinajstić information content (AvgIpc) is 2.34. The fraction of sp³-hybridized carbons (Fsp3) is 0.933. The third-order valence-electron chi connectivity index (χ3n) is 3.87. The standard InChI is InChI=1S/C15H31N3O/c1-12(2)13(16)14(19)18-10-8-17(9-11-18)7-6-15(3,4)5/h12-13H,6-11,16H2,1-5H3/t13-/m0/s1. The van der Waals surface area contributed by atoms with Crippen molar-refractivity contribution < 1.29 is 4.79 Å². The largest absolute Gasteiger partial charge is 0.339 e. The van der Waals surface area contributed by atoms with E-state index < -0.39 is 0 Å². The van der Waals surface area contributed by atoms with Crippen LogP contribution in [-0.4, -0.2) is 54.5 Å². The molecule has 1 saturated heterocycles. The second-order valence-corrected chi connectivity index (χ2v) is 7.25. The van der Waals surface area contributed by atoms with E-state index in [1.165, 1.54) is 6.42 Å². The van der Waals surface area contributed by atoms with Gasteiger partial charge in [-0.2, -0.15) is 0 Å². The lowest BCUT2D eigenvalue weighted by atomic mass is 9.92. The number of hydrogen-bond donors (Lipinski definition) is 1. The van der Waals surface area contributed by atoms with Crippen LogP contribution in [0.4, 0.5) is 0 Å². The van der Waals surface area contributed by atoms with Gasteiger partial charge in [0.05, 0.1) is 6.04 Å². The first-order valence-electron chi connectivity index (χ1n) is 7.47. The molecule has 19 heavy (non-hydrogen) atoms. The van der Waals surface area contributed by atoms with Gasteiger partial charge in [0.1, 0.15) is 0 Å². The maximum atomic E-state index is 12.1. The van der Waals surface area contributed by atoms with Gasteiger partial charge in [0.25, 0.3) is 0 Å². The number of carbonyl (C=O) groups excluding carboxylic acids is 1. The zero-order valence-electron chi connectivity index (χ0n) is 13.3. The van der Waals surface area contributed by atoms with E-state index in [0.717, 1.165) is 32.7 Å². The minimum absolute atomic E-state index is 0.116. The first kappa shape index (κ1) is 16.4. The molecule has 1 aliphatic rings. The van der Waals surface area contributed by atoms with Crippen molar-refractivity contribution in [1.29, 1.82) is 0 Å². The highest BCUT2D eigenvalue weighted by molar-refractivity contribution is 5.82. The molecular weight excluding hydrogens is 238 g/mol. The monoisotopic (exact) mass is 269 g/mol. The Balaban J connectivity index is 2.35. The number of nitrogens with two attached hydrogens (primary N) is 1. The van der Waals surface area contributed by atoms with Gasteiger partial charge in [-0.25, -0.2) is 0 Å². The van der Waals surface area contributed by atoms with E-state index in [-0.39, 0.29) is 17.9 Å². The molecule has 1 rings (SSSR count). The predicted octanol–water partition coefficient (Wildman–Crippen LogP) is 1.55. The summed E-state index contributed by atoms with van der Waals surface area (Å²) in [6.07, 6.45) is 1.20. The number of amides is 1. The SMILES string of the molecule is CC(C)[C@H](N)C(=O)N1CCN(CCC(C)(C)C)CC1. The Morgan fingerprint density at radius 1 is 1.16 bits per heavy atom. The lowest BCUT2D eigenvalue weighted by molar-refractivity contribution is -0.135. The molecule has 4 nitrogen and oxygen atoms in total. The van der Waals surface area contributed by atoms with Crippen molar-refractivity contribution in [2.45, 2.75) is 47.1 Å². The quantitative estimate of drug-likeness (QED) is 0.842. The van der Waals surface area contributed by atoms with Gasteiger partial charge < -0.3 is 10.6 Å². The Morgan fingerprint density at radius 3 is 2.11 bits per heavy atom. The highest BCUT2D eigenvalue weighted by atomic mass is 16.2. The minimum Gasteiger partial charge on any atom is -0.339 e. The molecule has 1 fully saturated rings. The molecule has 0 unspecified atom stereocenters. The highest BCUT2D eigenvalue weighted by Crippen LogP contribution is 2.19. The average molecular weight is 269 g/mol. The van der Waals surface area contributed by atoms with E-state index in [2.05, 4.69) is 25.7 Å². The predicted molar refractivity (Wildman–Crippen MR) is 79.9 cm³/mol. The Hall–Kier alpha value is -0.610. The van der Waals surface area contributed by atoms with Crippen LogP contribution in [0.3, 0.4) is 0 Å². The van der Waals surface area contributed by atoms with E-state index in [4.69, 9.17) is 5.73 Å². The third-order valence-corrected chi connectivity index (χ3v) is 3.87. The highest BCUT2D eigenvalue weighted by Gasteiger charge is 2.27. The Bertz CT molecular complexity index is 288. The van der Waals surface area contributed by atoms with Crippen LogP contribution in [0.1, 0.15) is 41.0 Å². The summed E-state index contributed by atoms with van der Waals surface area (Å²) in [5.74, 6) is 0.330. The normalized spacial score (nSPS) is 19.8. The Labute approximate surface area is 118 Å². The molecule has 0 bridgehead atoms. The number of carbonyl (C=O) groups is 1. The molecule has 1 heterocycles. The summed E-state index contributed by atoms with van der Waals surface area (Å²) >= 11 is 0. The summed E-state index contributed by atoms with van der Waals surface area (Å²) in [6, 6.07) is -0.346. The molecule has 0 radical (unpaired) electrons. The van der Waals surface area contributed by atoms with Gasteiger partial charge in [0, 0.05) is 26.2 Å². The number of nitrogens with zero attached hydrogens (tertiary/aromatic N) is 2. The van der Waals surface area contributed by atoms with Crippen LogP contribution in [0.25, 0.3) is 0 Å². The molecule has 1 atom stereocenters. The molecule has 4 heteroatoms. The van der Waals surface area contributed by atoms with E-state index in [1.54, 1.807) is 0 Å². The second kappa shape index (κ2) is 6.71. The number of piperazine rings is 1. The van der Waals surface area contributed by atoms with E-state index in [9.17, 15) is 4.79 Å². The van der Waals surface area contributed by atoms with Gasteiger partial charge in [-0.05, 0) is 24.3 Å². The van der Waals surface area contributed by atoms with Gasteiger partial charge in [-0.1, -0.05) is 34.6 Å². The molecule has 0 aliphatic carbocycles. The van der Waals surface area contributed by atoms with Crippen molar-refractivity contribution in [2.24, 2.45) is 17.1 Å². The molecule has 0 aromatic rings.